The molecule has 1 aliphatic heterocycles. The van der Waals surface area contributed by atoms with Gasteiger partial charge in [-0.05, 0) is 43.4 Å². The normalized spacial score (nSPS) is 23.5. The predicted molar refractivity (Wildman–Crippen MR) is 90.7 cm³/mol. The number of rotatable bonds is 2. The Morgan fingerprint density at radius 2 is 2.22 bits per heavy atom. The van der Waals surface area contributed by atoms with Crippen molar-refractivity contribution in [2.75, 3.05) is 20.2 Å². The first-order valence-electron chi connectivity index (χ1n) is 8.31. The second-order valence-electron chi connectivity index (χ2n) is 6.50. The Bertz CT molecular complexity index is 777. The standard InChI is InChI=1S/C19H22N2O2/c1-3-11-20-12-10-13-8-9-16-17(18(13)20)14-6-4-5-7-15(14)21(16)19(22)23-2/h3-7,13,18H,1,8-12H2,2H3/t13-,18+/m0/s1. The molecule has 2 heterocycles. The van der Waals surface area contributed by atoms with Gasteiger partial charge in [0, 0.05) is 23.7 Å². The van der Waals surface area contributed by atoms with Gasteiger partial charge in [-0.1, -0.05) is 24.3 Å². The summed E-state index contributed by atoms with van der Waals surface area (Å²) >= 11 is 0. The van der Waals surface area contributed by atoms with E-state index < -0.39 is 0 Å². The van der Waals surface area contributed by atoms with E-state index in [0.29, 0.717) is 12.0 Å². The van der Waals surface area contributed by atoms with Crippen molar-refractivity contribution in [3.8, 4) is 0 Å². The number of methoxy groups -OCH3 is 1. The molecule has 4 rings (SSSR count). The monoisotopic (exact) mass is 310 g/mol. The zero-order chi connectivity index (χ0) is 16.0. The number of hydrogen-bond donors (Lipinski definition) is 0. The number of likely N-dealkylation sites (tertiary alicyclic amines) is 1. The van der Waals surface area contributed by atoms with E-state index in [4.69, 9.17) is 4.74 Å². The van der Waals surface area contributed by atoms with E-state index in [1.165, 1.54) is 24.5 Å². The molecule has 0 spiro atoms. The quantitative estimate of drug-likeness (QED) is 0.792. The first kappa shape index (κ1) is 14.5. The van der Waals surface area contributed by atoms with Crippen LogP contribution < -0.4 is 0 Å². The smallest absolute Gasteiger partial charge is 0.418 e. The lowest BCUT2D eigenvalue weighted by atomic mass is 9.82. The molecule has 1 saturated heterocycles. The van der Waals surface area contributed by atoms with Crippen LogP contribution in [0.25, 0.3) is 10.9 Å². The first-order valence-corrected chi connectivity index (χ1v) is 8.31. The molecule has 1 aromatic heterocycles. The maximum absolute atomic E-state index is 12.4. The van der Waals surface area contributed by atoms with Crippen LogP contribution in [0.15, 0.2) is 36.9 Å². The SMILES string of the molecule is C=CCN1CC[C@@H]2CCc3c(c4ccccc4n3C(=O)OC)[C@@H]21. The summed E-state index contributed by atoms with van der Waals surface area (Å²) in [6, 6.07) is 8.60. The highest BCUT2D eigenvalue weighted by Gasteiger charge is 2.41. The first-order chi connectivity index (χ1) is 11.3. The molecule has 0 radical (unpaired) electrons. The summed E-state index contributed by atoms with van der Waals surface area (Å²) in [6.07, 6.45) is 5.02. The molecule has 0 bridgehead atoms. The minimum Gasteiger partial charge on any atom is -0.452 e. The van der Waals surface area contributed by atoms with Gasteiger partial charge in [0.25, 0.3) is 0 Å². The van der Waals surface area contributed by atoms with Crippen LogP contribution in [-0.2, 0) is 11.2 Å². The Morgan fingerprint density at radius 3 is 3.00 bits per heavy atom. The van der Waals surface area contributed by atoms with E-state index >= 15 is 0 Å². The third-order valence-corrected chi connectivity index (χ3v) is 5.41. The molecule has 23 heavy (non-hydrogen) atoms. The van der Waals surface area contributed by atoms with E-state index in [0.717, 1.165) is 37.1 Å². The van der Waals surface area contributed by atoms with Crippen molar-refractivity contribution in [1.29, 1.82) is 0 Å². The van der Waals surface area contributed by atoms with Crippen LogP contribution in [0.1, 0.15) is 30.1 Å². The molecule has 2 atom stereocenters. The van der Waals surface area contributed by atoms with Crippen LogP contribution in [0.5, 0.6) is 0 Å². The second kappa shape index (κ2) is 5.53. The molecule has 1 aromatic carbocycles. The Labute approximate surface area is 136 Å². The van der Waals surface area contributed by atoms with Crippen molar-refractivity contribution in [3.05, 3.63) is 48.2 Å². The number of aromatic nitrogens is 1. The average Bonchev–Trinajstić information content (AvgIpc) is 3.13. The fraction of sp³-hybridized carbons (Fsp3) is 0.421. The third-order valence-electron chi connectivity index (χ3n) is 5.41. The van der Waals surface area contributed by atoms with Crippen LogP contribution in [0.3, 0.4) is 0 Å². The Morgan fingerprint density at radius 1 is 1.39 bits per heavy atom. The van der Waals surface area contributed by atoms with E-state index in [-0.39, 0.29) is 6.09 Å². The van der Waals surface area contributed by atoms with Gasteiger partial charge < -0.3 is 4.74 Å². The molecule has 2 aromatic rings. The van der Waals surface area contributed by atoms with Crippen molar-refractivity contribution < 1.29 is 9.53 Å². The van der Waals surface area contributed by atoms with Crippen LogP contribution in [0.4, 0.5) is 4.79 Å². The molecular formula is C19H22N2O2. The number of ether oxygens (including phenoxy) is 1. The summed E-state index contributed by atoms with van der Waals surface area (Å²) < 4.78 is 6.83. The van der Waals surface area contributed by atoms with Gasteiger partial charge in [-0.25, -0.2) is 9.36 Å². The molecule has 0 saturated carbocycles. The number of carbonyl (C=O) groups is 1. The lowest BCUT2D eigenvalue weighted by molar-refractivity contribution is 0.172. The van der Waals surface area contributed by atoms with Crippen molar-refractivity contribution in [3.63, 3.8) is 0 Å². The summed E-state index contributed by atoms with van der Waals surface area (Å²) in [5.41, 5.74) is 3.44. The summed E-state index contributed by atoms with van der Waals surface area (Å²) in [6.45, 7) is 5.92. The summed E-state index contributed by atoms with van der Waals surface area (Å²) in [5.74, 6) is 0.680. The van der Waals surface area contributed by atoms with Crippen LogP contribution >= 0.6 is 0 Å². The number of nitrogens with zero attached hydrogens (tertiary/aromatic N) is 2. The zero-order valence-corrected chi connectivity index (χ0v) is 13.5. The fourth-order valence-electron chi connectivity index (χ4n) is 4.53. The maximum atomic E-state index is 12.4. The van der Waals surface area contributed by atoms with Crippen molar-refractivity contribution in [1.82, 2.24) is 9.47 Å². The predicted octanol–water partition coefficient (Wildman–Crippen LogP) is 3.75. The Kier molecular flexibility index (Phi) is 3.49. The highest BCUT2D eigenvalue weighted by atomic mass is 16.5. The lowest BCUT2D eigenvalue weighted by Crippen LogP contribution is -2.30. The molecule has 4 nitrogen and oxygen atoms in total. The van der Waals surface area contributed by atoms with E-state index in [1.54, 1.807) is 4.57 Å². The molecule has 0 N–H and O–H groups in total. The van der Waals surface area contributed by atoms with Gasteiger partial charge in [0.1, 0.15) is 0 Å². The Balaban J connectivity index is 1.96. The molecule has 0 unspecified atom stereocenters. The minimum absolute atomic E-state index is 0.283. The number of fused-ring (bicyclic) bond motifs is 5. The van der Waals surface area contributed by atoms with Gasteiger partial charge >= 0.3 is 6.09 Å². The van der Waals surface area contributed by atoms with Gasteiger partial charge in [-0.3, -0.25) is 4.90 Å². The van der Waals surface area contributed by atoms with Gasteiger partial charge in [-0.2, -0.15) is 0 Å². The zero-order valence-electron chi connectivity index (χ0n) is 13.5. The van der Waals surface area contributed by atoms with Crippen molar-refractivity contribution in [2.24, 2.45) is 5.92 Å². The molecular weight excluding hydrogens is 288 g/mol. The van der Waals surface area contributed by atoms with E-state index in [1.807, 2.05) is 18.2 Å². The summed E-state index contributed by atoms with van der Waals surface area (Å²) in [5, 5.41) is 1.19. The number of hydrogen-bond acceptors (Lipinski definition) is 3. The van der Waals surface area contributed by atoms with Gasteiger partial charge in [0.15, 0.2) is 0 Å². The van der Waals surface area contributed by atoms with Gasteiger partial charge in [0.2, 0.25) is 0 Å². The number of para-hydroxylation sites is 1. The van der Waals surface area contributed by atoms with Crippen LogP contribution in [-0.4, -0.2) is 35.8 Å². The number of carbonyl (C=O) groups excluding carboxylic acids is 1. The molecule has 1 aliphatic carbocycles. The number of benzene rings is 1. The average molecular weight is 310 g/mol. The topological polar surface area (TPSA) is 34.5 Å². The fourth-order valence-corrected chi connectivity index (χ4v) is 4.53. The molecule has 2 aliphatic rings. The van der Waals surface area contributed by atoms with E-state index in [2.05, 4.69) is 23.6 Å². The highest BCUT2D eigenvalue weighted by molar-refractivity contribution is 5.94. The van der Waals surface area contributed by atoms with Crippen LogP contribution in [0.2, 0.25) is 0 Å². The minimum atomic E-state index is -0.283. The lowest BCUT2D eigenvalue weighted by Gasteiger charge is -2.32. The molecule has 1 fully saturated rings. The largest absolute Gasteiger partial charge is 0.452 e. The second-order valence-corrected chi connectivity index (χ2v) is 6.50. The summed E-state index contributed by atoms with van der Waals surface area (Å²) in [4.78, 5) is 14.9. The third kappa shape index (κ3) is 2.05. The van der Waals surface area contributed by atoms with Crippen molar-refractivity contribution >= 4 is 17.0 Å². The van der Waals surface area contributed by atoms with Gasteiger partial charge in [0.05, 0.1) is 12.6 Å². The molecule has 4 heteroatoms. The molecule has 0 amide bonds. The van der Waals surface area contributed by atoms with Gasteiger partial charge in [-0.15, -0.1) is 6.58 Å². The van der Waals surface area contributed by atoms with Crippen molar-refractivity contribution in [2.45, 2.75) is 25.3 Å². The van der Waals surface area contributed by atoms with E-state index in [9.17, 15) is 4.79 Å². The Hall–Kier alpha value is -2.07. The highest BCUT2D eigenvalue weighted by Crippen LogP contribution is 2.48. The van der Waals surface area contributed by atoms with Crippen LogP contribution in [0, 0.1) is 5.92 Å². The maximum Gasteiger partial charge on any atom is 0.418 e. The summed E-state index contributed by atoms with van der Waals surface area (Å²) in [7, 11) is 1.45. The molecule has 120 valence electrons.